The largest absolute Gasteiger partial charge is 0.492 e. The van der Waals surface area contributed by atoms with E-state index in [0.717, 1.165) is 12.1 Å². The smallest absolute Gasteiger partial charge is 0.150 e. The molecule has 0 heterocycles. The van der Waals surface area contributed by atoms with E-state index in [1.54, 1.807) is 18.2 Å². The van der Waals surface area contributed by atoms with Crippen molar-refractivity contribution in [3.8, 4) is 11.8 Å². The number of hydrogen-bond acceptors (Lipinski definition) is 3. The van der Waals surface area contributed by atoms with Gasteiger partial charge in [0, 0.05) is 6.54 Å². The molecule has 2 aromatic carbocycles. The second-order valence-corrected chi connectivity index (χ2v) is 4.01. The molecule has 0 aliphatic heterocycles. The van der Waals surface area contributed by atoms with E-state index in [1.807, 2.05) is 18.2 Å². The molecule has 0 bridgehead atoms. The Labute approximate surface area is 115 Å². The highest BCUT2D eigenvalue weighted by Crippen LogP contribution is 2.20. The zero-order valence-corrected chi connectivity index (χ0v) is 10.6. The first-order valence-corrected chi connectivity index (χ1v) is 6.01. The predicted molar refractivity (Wildman–Crippen MR) is 71.5 cm³/mol. The Morgan fingerprint density at radius 2 is 1.75 bits per heavy atom. The van der Waals surface area contributed by atoms with Crippen LogP contribution in [0.1, 0.15) is 5.56 Å². The van der Waals surface area contributed by atoms with Crippen LogP contribution in [0.4, 0.5) is 14.5 Å². The summed E-state index contributed by atoms with van der Waals surface area (Å²) >= 11 is 0. The average molecular weight is 274 g/mol. The molecule has 2 aromatic rings. The van der Waals surface area contributed by atoms with Gasteiger partial charge in [-0.25, -0.2) is 8.78 Å². The Hall–Kier alpha value is -2.61. The third-order valence-corrected chi connectivity index (χ3v) is 2.59. The van der Waals surface area contributed by atoms with E-state index in [0.29, 0.717) is 5.75 Å². The van der Waals surface area contributed by atoms with Crippen molar-refractivity contribution in [1.82, 2.24) is 0 Å². The molecule has 0 saturated carbocycles. The van der Waals surface area contributed by atoms with Crippen molar-refractivity contribution in [2.45, 2.75) is 0 Å². The van der Waals surface area contributed by atoms with Gasteiger partial charge in [-0.1, -0.05) is 18.2 Å². The fourth-order valence-electron chi connectivity index (χ4n) is 1.67. The molecule has 0 aliphatic rings. The molecule has 0 unspecified atom stereocenters. The molecule has 20 heavy (non-hydrogen) atoms. The number of nitrogens with zero attached hydrogens (tertiary/aromatic N) is 1. The summed E-state index contributed by atoms with van der Waals surface area (Å²) in [5, 5.41) is 11.2. The van der Waals surface area contributed by atoms with Crippen LogP contribution in [0.3, 0.4) is 0 Å². The maximum atomic E-state index is 13.6. The van der Waals surface area contributed by atoms with E-state index >= 15 is 0 Å². The van der Waals surface area contributed by atoms with Crippen LogP contribution in [0.15, 0.2) is 42.5 Å². The first-order valence-electron chi connectivity index (χ1n) is 6.01. The van der Waals surface area contributed by atoms with Gasteiger partial charge in [-0.05, 0) is 24.3 Å². The topological polar surface area (TPSA) is 45.0 Å². The molecule has 0 saturated heterocycles. The number of benzene rings is 2. The molecule has 0 aromatic heterocycles. The molecule has 0 amide bonds. The summed E-state index contributed by atoms with van der Waals surface area (Å²) in [7, 11) is 0. The maximum Gasteiger partial charge on any atom is 0.150 e. The van der Waals surface area contributed by atoms with Crippen LogP contribution in [0.25, 0.3) is 0 Å². The molecular formula is C15H12F2N2O. The van der Waals surface area contributed by atoms with Crippen molar-refractivity contribution in [2.24, 2.45) is 0 Å². The molecule has 5 heteroatoms. The SMILES string of the molecule is N#Cc1cc(F)c(NCCOc2ccccc2)c(F)c1. The third-order valence-electron chi connectivity index (χ3n) is 2.59. The number of rotatable bonds is 5. The summed E-state index contributed by atoms with van der Waals surface area (Å²) in [6, 6.07) is 12.8. The van der Waals surface area contributed by atoms with Crippen molar-refractivity contribution in [3.63, 3.8) is 0 Å². The lowest BCUT2D eigenvalue weighted by molar-refractivity contribution is 0.332. The number of hydrogen-bond donors (Lipinski definition) is 1. The Morgan fingerprint density at radius 3 is 2.35 bits per heavy atom. The highest BCUT2D eigenvalue weighted by molar-refractivity contribution is 5.50. The van der Waals surface area contributed by atoms with Gasteiger partial charge in [0.1, 0.15) is 18.0 Å². The molecule has 0 radical (unpaired) electrons. The highest BCUT2D eigenvalue weighted by atomic mass is 19.1. The first kappa shape index (κ1) is 13.8. The standard InChI is InChI=1S/C15H12F2N2O/c16-13-8-11(10-18)9-14(17)15(13)19-6-7-20-12-4-2-1-3-5-12/h1-5,8-9,19H,6-7H2. The lowest BCUT2D eigenvalue weighted by atomic mass is 10.2. The van der Waals surface area contributed by atoms with Gasteiger partial charge in [-0.3, -0.25) is 0 Å². The van der Waals surface area contributed by atoms with Gasteiger partial charge in [0.15, 0.2) is 11.6 Å². The number of nitrogens with one attached hydrogen (secondary N) is 1. The van der Waals surface area contributed by atoms with Gasteiger partial charge in [0.25, 0.3) is 0 Å². The van der Waals surface area contributed by atoms with Crippen molar-refractivity contribution in [1.29, 1.82) is 5.26 Å². The summed E-state index contributed by atoms with van der Waals surface area (Å²) in [5.74, 6) is -0.891. The molecule has 2 rings (SSSR count). The fraction of sp³-hybridized carbons (Fsp3) is 0.133. The van der Waals surface area contributed by atoms with E-state index in [9.17, 15) is 8.78 Å². The number of para-hydroxylation sites is 1. The zero-order valence-electron chi connectivity index (χ0n) is 10.6. The van der Waals surface area contributed by atoms with E-state index in [2.05, 4.69) is 5.32 Å². The molecule has 0 aliphatic carbocycles. The van der Waals surface area contributed by atoms with Crippen LogP contribution < -0.4 is 10.1 Å². The second-order valence-electron chi connectivity index (χ2n) is 4.01. The number of nitriles is 1. The van der Waals surface area contributed by atoms with Crippen LogP contribution in [-0.2, 0) is 0 Å². The Balaban J connectivity index is 1.90. The van der Waals surface area contributed by atoms with Gasteiger partial charge in [0.05, 0.1) is 11.6 Å². The number of halogens is 2. The molecule has 0 fully saturated rings. The van der Waals surface area contributed by atoms with E-state index < -0.39 is 11.6 Å². The zero-order chi connectivity index (χ0) is 14.4. The van der Waals surface area contributed by atoms with Gasteiger partial charge >= 0.3 is 0 Å². The monoisotopic (exact) mass is 274 g/mol. The van der Waals surface area contributed by atoms with Crippen LogP contribution in [0, 0.1) is 23.0 Å². The normalized spacial score (nSPS) is 9.85. The van der Waals surface area contributed by atoms with Crippen molar-refractivity contribution in [3.05, 3.63) is 59.7 Å². The third kappa shape index (κ3) is 3.45. The van der Waals surface area contributed by atoms with Gasteiger partial charge in [0.2, 0.25) is 0 Å². The summed E-state index contributed by atoms with van der Waals surface area (Å²) in [5.41, 5.74) is -0.299. The van der Waals surface area contributed by atoms with E-state index in [4.69, 9.17) is 10.00 Å². The maximum absolute atomic E-state index is 13.6. The Morgan fingerprint density at radius 1 is 1.10 bits per heavy atom. The lowest BCUT2D eigenvalue weighted by Crippen LogP contribution is -2.13. The van der Waals surface area contributed by atoms with Gasteiger partial charge in [-0.15, -0.1) is 0 Å². The number of ether oxygens (including phenoxy) is 1. The molecule has 3 nitrogen and oxygen atoms in total. The molecule has 1 N–H and O–H groups in total. The van der Waals surface area contributed by atoms with Crippen molar-refractivity contribution < 1.29 is 13.5 Å². The Kier molecular flexibility index (Phi) is 4.51. The minimum atomic E-state index is -0.790. The lowest BCUT2D eigenvalue weighted by Gasteiger charge is -2.10. The van der Waals surface area contributed by atoms with Crippen LogP contribution in [0.5, 0.6) is 5.75 Å². The van der Waals surface area contributed by atoms with Crippen molar-refractivity contribution >= 4 is 5.69 Å². The van der Waals surface area contributed by atoms with E-state index in [-0.39, 0.29) is 24.4 Å². The van der Waals surface area contributed by atoms with Crippen LogP contribution in [0.2, 0.25) is 0 Å². The predicted octanol–water partition coefficient (Wildman–Crippen LogP) is 3.33. The summed E-state index contributed by atoms with van der Waals surface area (Å²) in [6.07, 6.45) is 0. The summed E-state index contributed by atoms with van der Waals surface area (Å²) < 4.78 is 32.5. The van der Waals surface area contributed by atoms with Gasteiger partial charge in [-0.2, -0.15) is 5.26 Å². The van der Waals surface area contributed by atoms with Gasteiger partial charge < -0.3 is 10.1 Å². The average Bonchev–Trinajstić information content (AvgIpc) is 2.46. The molecule has 0 atom stereocenters. The summed E-state index contributed by atoms with van der Waals surface area (Å²) in [4.78, 5) is 0. The Bertz CT molecular complexity index is 601. The fourth-order valence-corrected chi connectivity index (χ4v) is 1.67. The molecular weight excluding hydrogens is 262 g/mol. The minimum absolute atomic E-state index is 0.0499. The number of anilines is 1. The van der Waals surface area contributed by atoms with Crippen LogP contribution >= 0.6 is 0 Å². The molecule has 0 spiro atoms. The van der Waals surface area contributed by atoms with Crippen LogP contribution in [-0.4, -0.2) is 13.2 Å². The minimum Gasteiger partial charge on any atom is -0.492 e. The highest BCUT2D eigenvalue weighted by Gasteiger charge is 2.10. The quantitative estimate of drug-likeness (QED) is 0.851. The first-order chi connectivity index (χ1) is 9.70. The van der Waals surface area contributed by atoms with Crippen molar-refractivity contribution in [2.75, 3.05) is 18.5 Å². The second kappa shape index (κ2) is 6.53. The van der Waals surface area contributed by atoms with E-state index in [1.165, 1.54) is 0 Å². The summed E-state index contributed by atoms with van der Waals surface area (Å²) in [6.45, 7) is 0.511. The molecule has 102 valence electrons.